The van der Waals surface area contributed by atoms with Crippen molar-refractivity contribution in [3.8, 4) is 5.75 Å². The molecule has 3 aromatic rings. The first-order chi connectivity index (χ1) is 20.3. The number of rotatable bonds is 8. The van der Waals surface area contributed by atoms with Crippen LogP contribution in [-0.4, -0.2) is 56.0 Å². The molecule has 43 heavy (non-hydrogen) atoms. The van der Waals surface area contributed by atoms with E-state index in [1.807, 2.05) is 13.0 Å². The number of aryl methyl sites for hydroxylation is 1. The highest BCUT2D eigenvalue weighted by atomic mass is 35.5. The van der Waals surface area contributed by atoms with Gasteiger partial charge in [-0.15, -0.1) is 0 Å². The van der Waals surface area contributed by atoms with Gasteiger partial charge in [0, 0.05) is 25.1 Å². The Morgan fingerprint density at radius 3 is 2.53 bits per heavy atom. The van der Waals surface area contributed by atoms with E-state index in [2.05, 4.69) is 0 Å². The van der Waals surface area contributed by atoms with Crippen LogP contribution in [0.1, 0.15) is 43.4 Å². The highest BCUT2D eigenvalue weighted by Gasteiger charge is 2.47. The highest BCUT2D eigenvalue weighted by Crippen LogP contribution is 2.40. The third-order valence-corrected chi connectivity index (χ3v) is 9.95. The van der Waals surface area contributed by atoms with E-state index in [4.69, 9.17) is 16.3 Å². The number of carbonyl (C=O) groups is 2. The second-order valence-corrected chi connectivity index (χ2v) is 13.7. The van der Waals surface area contributed by atoms with Crippen LogP contribution in [0.15, 0.2) is 65.6 Å². The fourth-order valence-electron chi connectivity index (χ4n) is 5.45. The first-order valence-corrected chi connectivity index (χ1v) is 15.6. The lowest BCUT2D eigenvalue weighted by atomic mass is 9.82. The van der Waals surface area contributed by atoms with E-state index in [0.29, 0.717) is 22.6 Å². The lowest BCUT2D eigenvalue weighted by Gasteiger charge is -2.45. The maximum absolute atomic E-state index is 14.6. The number of aliphatic carboxylic acids is 1. The van der Waals surface area contributed by atoms with E-state index < -0.39 is 33.3 Å². The van der Waals surface area contributed by atoms with Gasteiger partial charge in [0.1, 0.15) is 17.7 Å². The quantitative estimate of drug-likeness (QED) is 0.307. The molecule has 0 spiro atoms. The molecule has 0 radical (unpaired) electrons. The summed E-state index contributed by atoms with van der Waals surface area (Å²) < 4.78 is 50.0. The van der Waals surface area contributed by atoms with Crippen molar-refractivity contribution in [1.82, 2.24) is 4.90 Å². The minimum Gasteiger partial charge on any atom is -0.486 e. The molecule has 1 amide bonds. The van der Waals surface area contributed by atoms with Crippen molar-refractivity contribution in [3.63, 3.8) is 0 Å². The zero-order valence-electron chi connectivity index (χ0n) is 24.0. The van der Waals surface area contributed by atoms with E-state index in [1.165, 1.54) is 27.4 Å². The van der Waals surface area contributed by atoms with Gasteiger partial charge < -0.3 is 14.7 Å². The second-order valence-electron chi connectivity index (χ2n) is 11.4. The molecule has 2 heterocycles. The number of carbonyl (C=O) groups excluding carboxylic acids is 1. The first-order valence-electron chi connectivity index (χ1n) is 13.8. The van der Waals surface area contributed by atoms with Crippen LogP contribution >= 0.6 is 11.6 Å². The van der Waals surface area contributed by atoms with E-state index >= 15 is 0 Å². The van der Waals surface area contributed by atoms with Gasteiger partial charge in [0.05, 0.1) is 27.6 Å². The first kappa shape index (κ1) is 30.6. The molecule has 11 heteroatoms. The van der Waals surface area contributed by atoms with Gasteiger partial charge in [-0.2, -0.15) is 0 Å². The summed E-state index contributed by atoms with van der Waals surface area (Å²) in [5.41, 5.74) is 1.61. The zero-order valence-corrected chi connectivity index (χ0v) is 25.6. The van der Waals surface area contributed by atoms with Gasteiger partial charge in [0.15, 0.2) is 0 Å². The number of carboxylic acids is 1. The Morgan fingerprint density at radius 2 is 1.86 bits per heavy atom. The summed E-state index contributed by atoms with van der Waals surface area (Å²) in [7, 11) is -4.02. The summed E-state index contributed by atoms with van der Waals surface area (Å²) >= 11 is 6.26. The van der Waals surface area contributed by atoms with Crippen LogP contribution in [0.25, 0.3) is 11.6 Å². The maximum Gasteiger partial charge on any atom is 0.312 e. The third kappa shape index (κ3) is 6.12. The Bertz CT molecular complexity index is 1720. The van der Waals surface area contributed by atoms with Crippen molar-refractivity contribution in [2.75, 3.05) is 23.9 Å². The Balaban J connectivity index is 1.44. The van der Waals surface area contributed by atoms with Gasteiger partial charge in [-0.3, -0.25) is 13.9 Å². The standard InChI is InChI=1S/C32H32ClFN2O6S/c1-20-6-4-7-24(14-20)43(40,41)36-17-23(11-13-29(37)35-18-32(3,19-35)31(38)39)42-28-12-10-22(16-27(28)36)15-21(2)30-25(33)8-5-9-26(30)34/h4-10,12,14-16,23H,11,13,17-19H2,1-3H3,(H,38,39)/b21-15+/t23-/m0/s1. The Labute approximate surface area is 255 Å². The van der Waals surface area contributed by atoms with Gasteiger partial charge in [-0.1, -0.05) is 41.9 Å². The fraction of sp³-hybridized carbons (Fsp3) is 0.312. The van der Waals surface area contributed by atoms with Crippen LogP contribution in [0, 0.1) is 18.2 Å². The number of amides is 1. The van der Waals surface area contributed by atoms with Crippen molar-refractivity contribution in [2.45, 2.75) is 44.6 Å². The van der Waals surface area contributed by atoms with Crippen LogP contribution in [0.3, 0.4) is 0 Å². The summed E-state index contributed by atoms with van der Waals surface area (Å²) in [6.45, 7) is 5.38. The number of ether oxygens (including phenoxy) is 1. The normalized spacial score (nSPS) is 18.0. The molecule has 226 valence electrons. The minimum absolute atomic E-state index is 0.0330. The smallest absolute Gasteiger partial charge is 0.312 e. The summed E-state index contributed by atoms with van der Waals surface area (Å²) in [6.07, 6.45) is 1.43. The molecule has 1 saturated heterocycles. The molecule has 1 fully saturated rings. The maximum atomic E-state index is 14.6. The van der Waals surface area contributed by atoms with Crippen LogP contribution in [0.2, 0.25) is 5.02 Å². The lowest BCUT2D eigenvalue weighted by Crippen LogP contribution is -2.60. The molecule has 2 aliphatic rings. The molecule has 0 bridgehead atoms. The molecule has 1 N–H and O–H groups in total. The topological polar surface area (TPSA) is 104 Å². The Kier molecular flexibility index (Phi) is 8.28. The largest absolute Gasteiger partial charge is 0.486 e. The molecule has 1 atom stereocenters. The van der Waals surface area contributed by atoms with Crippen molar-refractivity contribution in [3.05, 3.63) is 88.2 Å². The third-order valence-electron chi connectivity index (χ3n) is 7.86. The number of anilines is 1. The van der Waals surface area contributed by atoms with Crippen LogP contribution in [0.4, 0.5) is 10.1 Å². The monoisotopic (exact) mass is 626 g/mol. The SMILES string of the molecule is C/C(=C\c1ccc2c(c1)N(S(=O)(=O)c1cccc(C)c1)C[C@H](CCC(=O)N1CC(C)(C(=O)O)C1)O2)c1c(F)cccc1Cl. The van der Waals surface area contributed by atoms with Crippen molar-refractivity contribution >= 4 is 50.8 Å². The number of sulfonamides is 1. The van der Waals surface area contributed by atoms with Crippen molar-refractivity contribution in [2.24, 2.45) is 5.41 Å². The molecule has 0 aliphatic carbocycles. The van der Waals surface area contributed by atoms with Crippen LogP contribution < -0.4 is 9.04 Å². The zero-order chi connectivity index (χ0) is 31.1. The van der Waals surface area contributed by atoms with E-state index in [9.17, 15) is 27.5 Å². The number of fused-ring (bicyclic) bond motifs is 1. The van der Waals surface area contributed by atoms with E-state index in [0.717, 1.165) is 5.56 Å². The molecule has 3 aromatic carbocycles. The van der Waals surface area contributed by atoms with Crippen LogP contribution in [-0.2, 0) is 19.6 Å². The predicted molar refractivity (Wildman–Crippen MR) is 163 cm³/mol. The predicted octanol–water partition coefficient (Wildman–Crippen LogP) is 6.02. The van der Waals surface area contributed by atoms with E-state index in [-0.39, 0.29) is 53.9 Å². The molecule has 8 nitrogen and oxygen atoms in total. The number of halogens is 2. The van der Waals surface area contributed by atoms with Gasteiger partial charge in [0.2, 0.25) is 5.91 Å². The minimum atomic E-state index is -4.02. The molecular weight excluding hydrogens is 595 g/mol. The molecule has 0 unspecified atom stereocenters. The summed E-state index contributed by atoms with van der Waals surface area (Å²) in [6, 6.07) is 16.2. The summed E-state index contributed by atoms with van der Waals surface area (Å²) in [5, 5.41) is 9.60. The summed E-state index contributed by atoms with van der Waals surface area (Å²) in [5.74, 6) is -1.28. The van der Waals surface area contributed by atoms with Gasteiger partial charge in [-0.25, -0.2) is 12.8 Å². The molecule has 5 rings (SSSR count). The van der Waals surface area contributed by atoms with Crippen molar-refractivity contribution in [1.29, 1.82) is 0 Å². The van der Waals surface area contributed by atoms with Crippen LogP contribution in [0.5, 0.6) is 5.75 Å². The van der Waals surface area contributed by atoms with Crippen molar-refractivity contribution < 1.29 is 32.2 Å². The van der Waals surface area contributed by atoms with Gasteiger partial charge >= 0.3 is 5.97 Å². The molecule has 0 saturated carbocycles. The van der Waals surface area contributed by atoms with E-state index in [1.54, 1.807) is 56.3 Å². The number of allylic oxidation sites excluding steroid dienone is 1. The molecule has 0 aromatic heterocycles. The second kappa shape index (κ2) is 11.7. The fourth-order valence-corrected chi connectivity index (χ4v) is 7.36. The number of hydrogen-bond donors (Lipinski definition) is 1. The number of carboxylic acid groups (broad SMARTS) is 1. The van der Waals surface area contributed by atoms with Gasteiger partial charge in [0.25, 0.3) is 10.0 Å². The highest BCUT2D eigenvalue weighted by molar-refractivity contribution is 7.92. The number of nitrogens with zero attached hydrogens (tertiary/aromatic N) is 2. The molecular formula is C32H32ClFN2O6S. The van der Waals surface area contributed by atoms with Gasteiger partial charge in [-0.05, 0) is 80.3 Å². The average molecular weight is 627 g/mol. The number of benzene rings is 3. The molecule has 2 aliphatic heterocycles. The number of hydrogen-bond acceptors (Lipinski definition) is 5. The number of likely N-dealkylation sites (tertiary alicyclic amines) is 1. The Hall–Kier alpha value is -3.89. The Morgan fingerprint density at radius 1 is 1.14 bits per heavy atom. The lowest BCUT2D eigenvalue weighted by molar-refractivity contribution is -0.164. The average Bonchev–Trinajstić information content (AvgIpc) is 2.93. The summed E-state index contributed by atoms with van der Waals surface area (Å²) in [4.78, 5) is 25.8.